The van der Waals surface area contributed by atoms with Gasteiger partial charge in [0, 0.05) is 27.8 Å². The van der Waals surface area contributed by atoms with Crippen LogP contribution >= 0.6 is 0 Å². The second kappa shape index (κ2) is 6.32. The molecule has 5 aromatic rings. The Morgan fingerprint density at radius 2 is 1.56 bits per heavy atom. The van der Waals surface area contributed by atoms with Crippen molar-refractivity contribution in [2.45, 2.75) is 40.0 Å². The zero-order chi connectivity index (χ0) is 22.4. The first kappa shape index (κ1) is 19.3. The van der Waals surface area contributed by atoms with Crippen LogP contribution in [0.2, 0.25) is 0 Å². The topological polar surface area (TPSA) is 8.81 Å². The minimum Gasteiger partial charge on any atom is -0.236 e. The van der Waals surface area contributed by atoms with Crippen LogP contribution in [0, 0.1) is 20.8 Å². The Kier molecular flexibility index (Phi) is 3.81. The minimum absolute atomic E-state index is 0.00660. The molecule has 1 aliphatic carbocycles. The third kappa shape index (κ3) is 2.38. The zero-order valence-corrected chi connectivity index (χ0v) is 19.7. The van der Waals surface area contributed by atoms with Gasteiger partial charge in [-0.3, -0.25) is 0 Å². The van der Waals surface area contributed by atoms with Crippen molar-refractivity contribution in [1.29, 1.82) is 0 Å². The molecule has 0 bridgehead atoms. The summed E-state index contributed by atoms with van der Waals surface area (Å²) in [6.45, 7) is 11.3. The van der Waals surface area contributed by atoms with Gasteiger partial charge in [-0.05, 0) is 66.8 Å². The molecule has 6 rings (SSSR count). The molecule has 2 heteroatoms. The van der Waals surface area contributed by atoms with E-state index in [1.807, 2.05) is 0 Å². The summed E-state index contributed by atoms with van der Waals surface area (Å²) in [5.74, 6) is 1.20. The summed E-state index contributed by atoms with van der Waals surface area (Å²) in [4.78, 5) is 0. The molecule has 32 heavy (non-hydrogen) atoms. The largest absolute Gasteiger partial charge is 0.287 e. The van der Waals surface area contributed by atoms with E-state index in [0.29, 0.717) is 0 Å². The van der Waals surface area contributed by atoms with Crippen LogP contribution in [0.5, 0.6) is 0 Å². The van der Waals surface area contributed by atoms with Gasteiger partial charge in [0.15, 0.2) is 0 Å². The number of pyridine rings is 1. The summed E-state index contributed by atoms with van der Waals surface area (Å²) >= 11 is 0. The van der Waals surface area contributed by atoms with E-state index in [-0.39, 0.29) is 5.41 Å². The van der Waals surface area contributed by atoms with Gasteiger partial charge in [0.25, 0.3) is 5.82 Å². The number of aromatic nitrogens is 2. The highest BCUT2D eigenvalue weighted by molar-refractivity contribution is 6.10. The molecule has 3 aromatic carbocycles. The maximum atomic E-state index is 2.47. The molecule has 0 saturated heterocycles. The molecule has 2 heterocycles. The van der Waals surface area contributed by atoms with Gasteiger partial charge in [0.2, 0.25) is 0 Å². The van der Waals surface area contributed by atoms with Gasteiger partial charge in [0.1, 0.15) is 11.0 Å². The monoisotopic (exact) mass is 417 g/mol. The van der Waals surface area contributed by atoms with Crippen molar-refractivity contribution in [1.82, 2.24) is 4.57 Å². The van der Waals surface area contributed by atoms with Gasteiger partial charge >= 0.3 is 0 Å². The Morgan fingerprint density at radius 1 is 0.781 bits per heavy atom. The fourth-order valence-corrected chi connectivity index (χ4v) is 5.71. The lowest BCUT2D eigenvalue weighted by Gasteiger charge is -2.21. The summed E-state index contributed by atoms with van der Waals surface area (Å²) in [6.07, 6.45) is 2.35. The van der Waals surface area contributed by atoms with Gasteiger partial charge < -0.3 is 0 Å². The summed E-state index contributed by atoms with van der Waals surface area (Å²) < 4.78 is 4.79. The summed E-state index contributed by atoms with van der Waals surface area (Å²) in [5.41, 5.74) is 12.1. The fourth-order valence-electron chi connectivity index (χ4n) is 5.71. The zero-order valence-electron chi connectivity index (χ0n) is 19.7. The molecule has 0 amide bonds. The van der Waals surface area contributed by atoms with Gasteiger partial charge in [-0.1, -0.05) is 55.8 Å². The second-order valence-corrected chi connectivity index (χ2v) is 10.0. The summed E-state index contributed by atoms with van der Waals surface area (Å²) in [7, 11) is 2.19. The Labute approximate surface area is 189 Å². The van der Waals surface area contributed by atoms with Gasteiger partial charge in [0.05, 0.1) is 13.2 Å². The second-order valence-electron chi connectivity index (χ2n) is 10.0. The smallest absolute Gasteiger partial charge is 0.236 e. The maximum absolute atomic E-state index is 2.47. The van der Waals surface area contributed by atoms with E-state index in [1.165, 1.54) is 66.6 Å². The molecular weight excluding hydrogens is 388 g/mol. The first-order chi connectivity index (χ1) is 15.3. The number of hydrogen-bond donors (Lipinski definition) is 0. The van der Waals surface area contributed by atoms with Gasteiger partial charge in [-0.15, -0.1) is 0 Å². The number of benzene rings is 3. The van der Waals surface area contributed by atoms with Crippen molar-refractivity contribution < 1.29 is 4.57 Å². The lowest BCUT2D eigenvalue weighted by Crippen LogP contribution is -2.35. The van der Waals surface area contributed by atoms with Crippen LogP contribution < -0.4 is 4.57 Å². The summed E-state index contributed by atoms with van der Waals surface area (Å²) in [6, 6.07) is 22.7. The van der Waals surface area contributed by atoms with Crippen LogP contribution in [0.25, 0.3) is 38.8 Å². The van der Waals surface area contributed by atoms with Crippen molar-refractivity contribution in [2.75, 3.05) is 0 Å². The number of nitrogens with zero attached hydrogens (tertiary/aromatic N) is 2. The van der Waals surface area contributed by atoms with E-state index in [2.05, 4.69) is 118 Å². The van der Waals surface area contributed by atoms with Crippen LogP contribution in [-0.2, 0) is 12.5 Å². The fraction of sp³-hybridized carbons (Fsp3) is 0.233. The van der Waals surface area contributed by atoms with E-state index < -0.39 is 0 Å². The van der Waals surface area contributed by atoms with Crippen molar-refractivity contribution >= 4 is 21.8 Å². The van der Waals surface area contributed by atoms with Crippen LogP contribution in [0.4, 0.5) is 0 Å². The molecule has 2 aromatic heterocycles. The van der Waals surface area contributed by atoms with Gasteiger partial charge in [-0.25, -0.2) is 4.57 Å². The average molecular weight is 418 g/mol. The molecule has 0 spiro atoms. The van der Waals surface area contributed by atoms with E-state index in [1.54, 1.807) is 0 Å². The molecule has 0 fully saturated rings. The molecule has 158 valence electrons. The van der Waals surface area contributed by atoms with Crippen LogP contribution in [0.1, 0.15) is 41.7 Å². The molecule has 0 saturated carbocycles. The number of aryl methyl sites for hydroxylation is 4. The van der Waals surface area contributed by atoms with Crippen molar-refractivity contribution in [3.8, 4) is 16.9 Å². The molecule has 0 unspecified atom stereocenters. The Morgan fingerprint density at radius 3 is 2.38 bits per heavy atom. The molecule has 2 nitrogen and oxygen atoms in total. The van der Waals surface area contributed by atoms with E-state index >= 15 is 0 Å². The first-order valence-electron chi connectivity index (χ1n) is 11.4. The van der Waals surface area contributed by atoms with Crippen molar-refractivity contribution in [2.24, 2.45) is 7.05 Å². The third-order valence-corrected chi connectivity index (χ3v) is 7.65. The molecule has 0 aliphatic heterocycles. The SMILES string of the molecule is Cc1ccc2c(c1)c1ccc(C)c(C)c1n2-c1cc2c(c[n+]1C)C(C)(C)c1ccccc1-2. The standard InChI is InChI=1S/C30H29N2/c1-18-11-14-27-24(15-18)22-13-12-19(2)20(3)29(22)32(27)28-16-23-21-9-7-8-10-25(21)30(4,5)26(23)17-31(28)6/h7-17H,1-6H3/q+1. The lowest BCUT2D eigenvalue weighted by molar-refractivity contribution is -0.665. The Balaban J connectivity index is 1.76. The number of hydrogen-bond acceptors (Lipinski definition) is 0. The molecule has 0 radical (unpaired) electrons. The maximum Gasteiger partial charge on any atom is 0.287 e. The van der Waals surface area contributed by atoms with E-state index in [4.69, 9.17) is 0 Å². The highest BCUT2D eigenvalue weighted by atomic mass is 15.1. The van der Waals surface area contributed by atoms with Crippen molar-refractivity contribution in [3.63, 3.8) is 0 Å². The lowest BCUT2D eigenvalue weighted by atomic mass is 9.83. The van der Waals surface area contributed by atoms with Crippen molar-refractivity contribution in [3.05, 3.63) is 94.7 Å². The van der Waals surface area contributed by atoms with E-state index in [0.717, 1.165) is 0 Å². The average Bonchev–Trinajstić information content (AvgIpc) is 3.20. The normalized spacial score (nSPS) is 14.2. The number of rotatable bonds is 1. The molecule has 1 aliphatic rings. The first-order valence-corrected chi connectivity index (χ1v) is 11.4. The Hall–Kier alpha value is -3.39. The van der Waals surface area contributed by atoms with Crippen LogP contribution in [0.3, 0.4) is 0 Å². The van der Waals surface area contributed by atoms with Crippen LogP contribution in [-0.4, -0.2) is 4.57 Å². The molecular formula is C30H29N2+. The van der Waals surface area contributed by atoms with Gasteiger partial charge in [-0.2, -0.15) is 4.57 Å². The summed E-state index contributed by atoms with van der Waals surface area (Å²) in [5, 5.41) is 2.65. The van der Waals surface area contributed by atoms with E-state index in [9.17, 15) is 0 Å². The predicted octanol–water partition coefficient (Wildman–Crippen LogP) is 6.84. The van der Waals surface area contributed by atoms with Crippen LogP contribution in [0.15, 0.2) is 66.9 Å². The number of fused-ring (bicyclic) bond motifs is 6. The Bertz CT molecular complexity index is 1580. The molecule has 0 atom stereocenters. The highest BCUT2D eigenvalue weighted by Gasteiger charge is 2.38. The quantitative estimate of drug-likeness (QED) is 0.264. The third-order valence-electron chi connectivity index (χ3n) is 7.65. The highest BCUT2D eigenvalue weighted by Crippen LogP contribution is 2.48. The minimum atomic E-state index is 0.00660. The predicted molar refractivity (Wildman–Crippen MR) is 134 cm³/mol. The molecule has 0 N–H and O–H groups in total.